The molecule has 6 heteroatoms. The SMILES string of the molecule is COc1ccccc1CCNc1nccc(Nc2cccc(Br)c2)n1. The zero-order chi connectivity index (χ0) is 17.5. The van der Waals surface area contributed by atoms with Gasteiger partial charge in [0, 0.05) is 22.9 Å². The highest BCUT2D eigenvalue weighted by Gasteiger charge is 2.03. The van der Waals surface area contributed by atoms with Gasteiger partial charge in [-0.15, -0.1) is 0 Å². The van der Waals surface area contributed by atoms with Crippen molar-refractivity contribution in [2.45, 2.75) is 6.42 Å². The summed E-state index contributed by atoms with van der Waals surface area (Å²) in [4.78, 5) is 8.76. The summed E-state index contributed by atoms with van der Waals surface area (Å²) in [6.07, 6.45) is 2.56. The van der Waals surface area contributed by atoms with Crippen LogP contribution in [0.25, 0.3) is 0 Å². The highest BCUT2D eigenvalue weighted by molar-refractivity contribution is 9.10. The van der Waals surface area contributed by atoms with Gasteiger partial charge >= 0.3 is 0 Å². The van der Waals surface area contributed by atoms with Crippen LogP contribution in [0.1, 0.15) is 5.56 Å². The first-order valence-electron chi connectivity index (χ1n) is 7.96. The fraction of sp³-hybridized carbons (Fsp3) is 0.158. The lowest BCUT2D eigenvalue weighted by Gasteiger charge is -2.10. The molecule has 0 bridgehead atoms. The van der Waals surface area contributed by atoms with Crippen molar-refractivity contribution in [3.05, 3.63) is 70.8 Å². The van der Waals surface area contributed by atoms with E-state index in [4.69, 9.17) is 4.74 Å². The van der Waals surface area contributed by atoms with E-state index in [1.807, 2.05) is 48.5 Å². The number of nitrogens with one attached hydrogen (secondary N) is 2. The summed E-state index contributed by atoms with van der Waals surface area (Å²) in [5.74, 6) is 2.23. The quantitative estimate of drug-likeness (QED) is 0.606. The van der Waals surface area contributed by atoms with Crippen LogP contribution in [0.15, 0.2) is 65.3 Å². The minimum atomic E-state index is 0.592. The van der Waals surface area contributed by atoms with Gasteiger partial charge in [-0.1, -0.05) is 40.2 Å². The maximum Gasteiger partial charge on any atom is 0.224 e. The summed E-state index contributed by atoms with van der Waals surface area (Å²) in [7, 11) is 1.69. The monoisotopic (exact) mass is 398 g/mol. The van der Waals surface area contributed by atoms with Gasteiger partial charge in [0.2, 0.25) is 5.95 Å². The third kappa shape index (κ3) is 4.93. The molecular formula is C19H19BrN4O. The van der Waals surface area contributed by atoms with Gasteiger partial charge in [-0.05, 0) is 42.3 Å². The Bertz CT molecular complexity index is 841. The number of methoxy groups -OCH3 is 1. The largest absolute Gasteiger partial charge is 0.496 e. The topological polar surface area (TPSA) is 59.1 Å². The summed E-state index contributed by atoms with van der Waals surface area (Å²) >= 11 is 3.46. The number of hydrogen-bond acceptors (Lipinski definition) is 5. The molecule has 0 radical (unpaired) electrons. The lowest BCUT2D eigenvalue weighted by atomic mass is 10.1. The molecule has 25 heavy (non-hydrogen) atoms. The van der Waals surface area contributed by atoms with Crippen LogP contribution < -0.4 is 15.4 Å². The normalized spacial score (nSPS) is 10.3. The van der Waals surface area contributed by atoms with Crippen LogP contribution in [0.4, 0.5) is 17.5 Å². The molecule has 3 rings (SSSR count). The number of ether oxygens (including phenoxy) is 1. The second-order valence-electron chi connectivity index (χ2n) is 5.39. The fourth-order valence-electron chi connectivity index (χ4n) is 2.45. The lowest BCUT2D eigenvalue weighted by molar-refractivity contribution is 0.410. The van der Waals surface area contributed by atoms with Gasteiger partial charge in [0.1, 0.15) is 11.6 Å². The Balaban J connectivity index is 1.60. The van der Waals surface area contributed by atoms with E-state index in [1.54, 1.807) is 13.3 Å². The third-order valence-electron chi connectivity index (χ3n) is 3.62. The molecule has 1 aromatic heterocycles. The zero-order valence-corrected chi connectivity index (χ0v) is 15.5. The second-order valence-corrected chi connectivity index (χ2v) is 6.31. The smallest absolute Gasteiger partial charge is 0.224 e. The van der Waals surface area contributed by atoms with Crippen LogP contribution in [0.2, 0.25) is 0 Å². The average molecular weight is 399 g/mol. The molecule has 0 unspecified atom stereocenters. The number of halogens is 1. The van der Waals surface area contributed by atoms with E-state index < -0.39 is 0 Å². The molecule has 2 aromatic carbocycles. The number of hydrogen-bond donors (Lipinski definition) is 2. The number of benzene rings is 2. The highest BCUT2D eigenvalue weighted by Crippen LogP contribution is 2.20. The predicted molar refractivity (Wildman–Crippen MR) is 105 cm³/mol. The van der Waals surface area contributed by atoms with Crippen LogP contribution in [0, 0.1) is 0 Å². The van der Waals surface area contributed by atoms with Crippen molar-refractivity contribution in [3.8, 4) is 5.75 Å². The molecule has 5 nitrogen and oxygen atoms in total. The van der Waals surface area contributed by atoms with Gasteiger partial charge in [-0.25, -0.2) is 4.98 Å². The molecule has 3 aromatic rings. The molecule has 0 spiro atoms. The molecule has 1 heterocycles. The average Bonchev–Trinajstić information content (AvgIpc) is 2.62. The van der Waals surface area contributed by atoms with E-state index in [-0.39, 0.29) is 0 Å². The van der Waals surface area contributed by atoms with Gasteiger partial charge < -0.3 is 15.4 Å². The lowest BCUT2D eigenvalue weighted by Crippen LogP contribution is -2.09. The number of para-hydroxylation sites is 1. The van der Waals surface area contributed by atoms with Crippen LogP contribution in [0.5, 0.6) is 5.75 Å². The van der Waals surface area contributed by atoms with Gasteiger partial charge in [0.15, 0.2) is 0 Å². The third-order valence-corrected chi connectivity index (χ3v) is 4.12. The van der Waals surface area contributed by atoms with E-state index in [1.165, 1.54) is 0 Å². The minimum Gasteiger partial charge on any atom is -0.496 e. The Morgan fingerprint density at radius 2 is 1.96 bits per heavy atom. The molecule has 128 valence electrons. The first kappa shape index (κ1) is 17.2. The Hall–Kier alpha value is -2.60. The molecule has 0 amide bonds. The van der Waals surface area contributed by atoms with Crippen molar-refractivity contribution in [2.75, 3.05) is 24.3 Å². The number of anilines is 3. The summed E-state index contributed by atoms with van der Waals surface area (Å²) in [5.41, 5.74) is 2.12. The first-order chi connectivity index (χ1) is 12.2. The molecule has 0 atom stereocenters. The number of nitrogens with zero attached hydrogens (tertiary/aromatic N) is 2. The molecule has 2 N–H and O–H groups in total. The molecule has 0 saturated carbocycles. The maximum absolute atomic E-state index is 5.37. The second kappa shape index (κ2) is 8.48. The van der Waals surface area contributed by atoms with Crippen molar-refractivity contribution < 1.29 is 4.74 Å². The van der Waals surface area contributed by atoms with Crippen LogP contribution in [-0.4, -0.2) is 23.6 Å². The molecule has 0 aliphatic heterocycles. The summed E-state index contributed by atoms with van der Waals surface area (Å²) in [6, 6.07) is 17.8. The summed E-state index contributed by atoms with van der Waals surface area (Å²) < 4.78 is 6.39. The molecule has 0 fully saturated rings. The van der Waals surface area contributed by atoms with Crippen molar-refractivity contribution in [2.24, 2.45) is 0 Å². The van der Waals surface area contributed by atoms with Crippen LogP contribution in [0.3, 0.4) is 0 Å². The van der Waals surface area contributed by atoms with Crippen molar-refractivity contribution in [1.82, 2.24) is 9.97 Å². The highest BCUT2D eigenvalue weighted by atomic mass is 79.9. The van der Waals surface area contributed by atoms with Gasteiger partial charge in [-0.2, -0.15) is 4.98 Å². The fourth-order valence-corrected chi connectivity index (χ4v) is 2.85. The molecule has 0 aliphatic carbocycles. The molecule has 0 saturated heterocycles. The van der Waals surface area contributed by atoms with E-state index in [9.17, 15) is 0 Å². The summed E-state index contributed by atoms with van der Waals surface area (Å²) in [6.45, 7) is 0.723. The standard InChI is InChI=1S/C19H19BrN4O/c1-25-17-8-3-2-5-14(17)9-11-21-19-22-12-10-18(24-19)23-16-7-4-6-15(20)13-16/h2-8,10,12-13H,9,11H2,1H3,(H2,21,22,23,24). The predicted octanol–water partition coefficient (Wildman–Crippen LogP) is 4.65. The van der Waals surface area contributed by atoms with E-state index in [0.29, 0.717) is 5.95 Å². The van der Waals surface area contributed by atoms with Crippen molar-refractivity contribution in [3.63, 3.8) is 0 Å². The van der Waals surface area contributed by atoms with E-state index in [0.717, 1.165) is 40.3 Å². The Kier molecular flexibility index (Phi) is 5.85. The Labute approximate surface area is 155 Å². The molecular weight excluding hydrogens is 380 g/mol. The first-order valence-corrected chi connectivity index (χ1v) is 8.75. The van der Waals surface area contributed by atoms with E-state index >= 15 is 0 Å². The van der Waals surface area contributed by atoms with E-state index in [2.05, 4.69) is 42.6 Å². The Morgan fingerprint density at radius 3 is 2.80 bits per heavy atom. The summed E-state index contributed by atoms with van der Waals surface area (Å²) in [5, 5.41) is 6.53. The zero-order valence-electron chi connectivity index (χ0n) is 13.9. The Morgan fingerprint density at radius 1 is 1.08 bits per heavy atom. The van der Waals surface area contributed by atoms with Crippen molar-refractivity contribution >= 4 is 33.4 Å². The minimum absolute atomic E-state index is 0.592. The number of aromatic nitrogens is 2. The van der Waals surface area contributed by atoms with Crippen molar-refractivity contribution in [1.29, 1.82) is 0 Å². The number of rotatable bonds is 7. The van der Waals surface area contributed by atoms with Crippen LogP contribution >= 0.6 is 15.9 Å². The van der Waals surface area contributed by atoms with Gasteiger partial charge in [0.25, 0.3) is 0 Å². The maximum atomic E-state index is 5.37. The van der Waals surface area contributed by atoms with Gasteiger partial charge in [0.05, 0.1) is 7.11 Å². The molecule has 0 aliphatic rings. The van der Waals surface area contributed by atoms with Gasteiger partial charge in [-0.3, -0.25) is 0 Å². The van der Waals surface area contributed by atoms with Crippen LogP contribution in [-0.2, 0) is 6.42 Å².